The number of hydrogen-bond acceptors (Lipinski definition) is 7. The van der Waals surface area contributed by atoms with Gasteiger partial charge in [-0.3, -0.25) is 4.90 Å². The summed E-state index contributed by atoms with van der Waals surface area (Å²) in [7, 11) is 0. The van der Waals surface area contributed by atoms with Gasteiger partial charge < -0.3 is 15.2 Å². The fraction of sp³-hybridized carbons (Fsp3) is 0.727. The van der Waals surface area contributed by atoms with Crippen LogP contribution in [0.4, 0.5) is 5.82 Å². The molecule has 29 heavy (non-hydrogen) atoms. The molecule has 0 unspecified atom stereocenters. The first-order valence-electron chi connectivity index (χ1n) is 11.2. The maximum Gasteiger partial charge on any atom is 0.146 e. The van der Waals surface area contributed by atoms with Crippen molar-refractivity contribution in [2.75, 3.05) is 44.8 Å². The molecule has 2 aromatic rings. The van der Waals surface area contributed by atoms with E-state index in [9.17, 15) is 5.11 Å². The van der Waals surface area contributed by atoms with E-state index in [0.717, 1.165) is 68.7 Å². The highest BCUT2D eigenvalue weighted by Gasteiger charge is 2.36. The Morgan fingerprint density at radius 1 is 1.10 bits per heavy atom. The number of rotatable bonds is 7. The molecule has 3 heterocycles. The van der Waals surface area contributed by atoms with Crippen molar-refractivity contribution >= 4 is 27.4 Å². The second-order valence-electron chi connectivity index (χ2n) is 8.95. The lowest BCUT2D eigenvalue weighted by atomic mass is 9.67. The predicted octanol–water partition coefficient (Wildman–Crippen LogP) is 3.37. The van der Waals surface area contributed by atoms with E-state index in [-0.39, 0.29) is 12.0 Å². The second kappa shape index (κ2) is 8.46. The van der Waals surface area contributed by atoms with Crippen molar-refractivity contribution in [2.45, 2.75) is 57.9 Å². The Bertz CT molecular complexity index is 858. The van der Waals surface area contributed by atoms with Crippen LogP contribution >= 0.6 is 11.3 Å². The summed E-state index contributed by atoms with van der Waals surface area (Å²) in [6, 6.07) is 0. The second-order valence-corrected chi connectivity index (χ2v) is 10.0. The summed E-state index contributed by atoms with van der Waals surface area (Å²) in [5, 5.41) is 14.5. The molecule has 2 aliphatic carbocycles. The molecule has 6 nitrogen and oxygen atoms in total. The molecule has 2 N–H and O–H groups in total. The van der Waals surface area contributed by atoms with Gasteiger partial charge in [-0.2, -0.15) is 0 Å². The van der Waals surface area contributed by atoms with Crippen LogP contribution in [0.15, 0.2) is 0 Å². The first-order valence-corrected chi connectivity index (χ1v) is 12.0. The molecular weight excluding hydrogens is 384 g/mol. The molecule has 7 heteroatoms. The van der Waals surface area contributed by atoms with Gasteiger partial charge in [-0.25, -0.2) is 9.97 Å². The average Bonchev–Trinajstić information content (AvgIpc) is 3.09. The fourth-order valence-corrected chi connectivity index (χ4v) is 6.34. The van der Waals surface area contributed by atoms with E-state index < -0.39 is 0 Å². The number of fused-ring (bicyclic) bond motifs is 3. The molecule has 5 rings (SSSR count). The quantitative estimate of drug-likeness (QED) is 0.721. The molecule has 0 radical (unpaired) electrons. The fourth-order valence-electron chi connectivity index (χ4n) is 5.06. The lowest BCUT2D eigenvalue weighted by Gasteiger charge is -2.42. The van der Waals surface area contributed by atoms with Gasteiger partial charge in [0.25, 0.3) is 0 Å². The summed E-state index contributed by atoms with van der Waals surface area (Å²) >= 11 is 1.88. The molecule has 0 bridgehead atoms. The molecule has 158 valence electrons. The van der Waals surface area contributed by atoms with Crippen LogP contribution in [0.3, 0.4) is 0 Å². The van der Waals surface area contributed by atoms with E-state index in [0.29, 0.717) is 0 Å². The third-order valence-corrected chi connectivity index (χ3v) is 8.20. The van der Waals surface area contributed by atoms with E-state index in [1.165, 1.54) is 54.4 Å². The van der Waals surface area contributed by atoms with Crippen molar-refractivity contribution in [3.63, 3.8) is 0 Å². The molecule has 1 aliphatic heterocycles. The molecule has 3 aliphatic rings. The normalized spacial score (nSPS) is 21.7. The molecule has 0 atom stereocenters. The van der Waals surface area contributed by atoms with Gasteiger partial charge in [0, 0.05) is 31.1 Å². The standard InChI is InChI=1S/C22H32N4O2S/c27-11-8-22(6-3-7-22)15-23-20-19-16-4-1-2-5-17(16)29-21(19)25-18(24-20)14-26-9-12-28-13-10-26/h27H,1-15H2,(H,23,24,25). The molecule has 1 saturated carbocycles. The molecular formula is C22H32N4O2S. The number of ether oxygens (including phenoxy) is 1. The summed E-state index contributed by atoms with van der Waals surface area (Å²) in [5.41, 5.74) is 1.73. The highest BCUT2D eigenvalue weighted by molar-refractivity contribution is 7.19. The number of aliphatic hydroxyl groups excluding tert-OH is 1. The van der Waals surface area contributed by atoms with Crippen LogP contribution in [0.2, 0.25) is 0 Å². The first kappa shape index (κ1) is 19.7. The summed E-state index contributed by atoms with van der Waals surface area (Å²) < 4.78 is 5.49. The SMILES string of the molecule is OCCC1(CNc2nc(CN3CCOCC3)nc3sc4c(c23)CCCC4)CCC1. The van der Waals surface area contributed by atoms with E-state index in [1.807, 2.05) is 11.3 Å². The molecule has 2 aromatic heterocycles. The van der Waals surface area contributed by atoms with Crippen LogP contribution in [0.25, 0.3) is 10.2 Å². The summed E-state index contributed by atoms with van der Waals surface area (Å²) in [6.07, 6.45) is 9.46. The van der Waals surface area contributed by atoms with E-state index in [1.54, 1.807) is 0 Å². The van der Waals surface area contributed by atoms with E-state index >= 15 is 0 Å². The number of nitrogens with one attached hydrogen (secondary N) is 1. The Morgan fingerprint density at radius 2 is 1.93 bits per heavy atom. The summed E-state index contributed by atoms with van der Waals surface area (Å²) in [4.78, 5) is 15.1. The van der Waals surface area contributed by atoms with Gasteiger partial charge in [0.1, 0.15) is 16.5 Å². The number of anilines is 1. The summed E-state index contributed by atoms with van der Waals surface area (Å²) in [5.74, 6) is 1.95. The van der Waals surface area contributed by atoms with Crippen molar-refractivity contribution in [1.82, 2.24) is 14.9 Å². The van der Waals surface area contributed by atoms with Crippen molar-refractivity contribution < 1.29 is 9.84 Å². The van der Waals surface area contributed by atoms with Crippen LogP contribution in [0, 0.1) is 5.41 Å². The lowest BCUT2D eigenvalue weighted by molar-refractivity contribution is 0.0331. The zero-order valence-electron chi connectivity index (χ0n) is 17.2. The number of morpholine rings is 1. The number of aliphatic hydroxyl groups is 1. The van der Waals surface area contributed by atoms with Crippen LogP contribution in [-0.2, 0) is 24.1 Å². The van der Waals surface area contributed by atoms with E-state index in [4.69, 9.17) is 14.7 Å². The highest BCUT2D eigenvalue weighted by Crippen LogP contribution is 2.45. The maximum absolute atomic E-state index is 9.52. The number of hydrogen-bond donors (Lipinski definition) is 2. The number of aromatic nitrogens is 2. The predicted molar refractivity (Wildman–Crippen MR) is 117 cm³/mol. The minimum absolute atomic E-state index is 0.243. The third kappa shape index (κ3) is 4.02. The largest absolute Gasteiger partial charge is 0.396 e. The minimum atomic E-state index is 0.243. The maximum atomic E-state index is 9.52. The molecule has 0 amide bonds. The Labute approximate surface area is 176 Å². The zero-order chi connectivity index (χ0) is 19.7. The van der Waals surface area contributed by atoms with Gasteiger partial charge in [-0.15, -0.1) is 11.3 Å². The Kier molecular flexibility index (Phi) is 5.74. The van der Waals surface area contributed by atoms with Gasteiger partial charge in [-0.1, -0.05) is 6.42 Å². The third-order valence-electron chi connectivity index (χ3n) is 7.02. The van der Waals surface area contributed by atoms with Crippen LogP contribution < -0.4 is 5.32 Å². The van der Waals surface area contributed by atoms with Gasteiger partial charge in [0.15, 0.2) is 0 Å². The van der Waals surface area contributed by atoms with Gasteiger partial charge in [0.05, 0.1) is 25.1 Å². The van der Waals surface area contributed by atoms with Crippen LogP contribution in [-0.4, -0.2) is 59.4 Å². The number of thiophene rings is 1. The van der Waals surface area contributed by atoms with Crippen molar-refractivity contribution in [3.8, 4) is 0 Å². The van der Waals surface area contributed by atoms with E-state index in [2.05, 4.69) is 10.2 Å². The topological polar surface area (TPSA) is 70.5 Å². The lowest BCUT2D eigenvalue weighted by Crippen LogP contribution is -2.38. The number of aryl methyl sites for hydroxylation is 2. The Balaban J connectivity index is 1.46. The average molecular weight is 417 g/mol. The Morgan fingerprint density at radius 3 is 2.69 bits per heavy atom. The molecule has 0 aromatic carbocycles. The first-order chi connectivity index (χ1) is 14.3. The highest BCUT2D eigenvalue weighted by atomic mass is 32.1. The minimum Gasteiger partial charge on any atom is -0.396 e. The molecule has 0 spiro atoms. The molecule has 2 fully saturated rings. The van der Waals surface area contributed by atoms with Crippen LogP contribution in [0.1, 0.15) is 54.8 Å². The number of nitrogens with zero attached hydrogens (tertiary/aromatic N) is 3. The molecule has 1 saturated heterocycles. The van der Waals surface area contributed by atoms with Crippen molar-refractivity contribution in [2.24, 2.45) is 5.41 Å². The van der Waals surface area contributed by atoms with Crippen LogP contribution in [0.5, 0.6) is 0 Å². The van der Waals surface area contributed by atoms with Gasteiger partial charge >= 0.3 is 0 Å². The Hall–Kier alpha value is -1.28. The smallest absolute Gasteiger partial charge is 0.146 e. The zero-order valence-corrected chi connectivity index (χ0v) is 18.0. The van der Waals surface area contributed by atoms with Crippen molar-refractivity contribution in [3.05, 3.63) is 16.3 Å². The summed E-state index contributed by atoms with van der Waals surface area (Å²) in [6.45, 7) is 5.46. The van der Waals surface area contributed by atoms with Crippen molar-refractivity contribution in [1.29, 1.82) is 0 Å². The van der Waals surface area contributed by atoms with Gasteiger partial charge in [-0.05, 0) is 55.9 Å². The monoisotopic (exact) mass is 416 g/mol. The van der Waals surface area contributed by atoms with Gasteiger partial charge in [0.2, 0.25) is 0 Å².